The SMILES string of the molecule is NC(=O)c1cn2c(c1CO)C(=O)N(Cc1ccc(F)cc1)CC2. The molecule has 120 valence electrons. The Labute approximate surface area is 131 Å². The maximum atomic E-state index is 13.0. The fraction of sp³-hybridized carbons (Fsp3) is 0.250. The highest BCUT2D eigenvalue weighted by Crippen LogP contribution is 2.24. The molecule has 0 atom stereocenters. The number of nitrogens with two attached hydrogens (primary N) is 1. The molecule has 1 aliphatic rings. The van der Waals surface area contributed by atoms with Gasteiger partial charge in [0.1, 0.15) is 11.5 Å². The molecule has 1 aromatic heterocycles. The van der Waals surface area contributed by atoms with Crippen molar-refractivity contribution < 1.29 is 19.1 Å². The van der Waals surface area contributed by atoms with Crippen molar-refractivity contribution in [1.29, 1.82) is 0 Å². The van der Waals surface area contributed by atoms with Crippen LogP contribution in [0, 0.1) is 5.82 Å². The number of benzene rings is 1. The average molecular weight is 317 g/mol. The predicted molar refractivity (Wildman–Crippen MR) is 80.0 cm³/mol. The van der Waals surface area contributed by atoms with E-state index in [1.54, 1.807) is 21.6 Å². The maximum Gasteiger partial charge on any atom is 0.271 e. The second-order valence-corrected chi connectivity index (χ2v) is 5.44. The summed E-state index contributed by atoms with van der Waals surface area (Å²) >= 11 is 0. The number of aliphatic hydroxyl groups excluding tert-OH is 1. The zero-order chi connectivity index (χ0) is 16.6. The fourth-order valence-electron chi connectivity index (χ4n) is 2.84. The molecule has 0 aliphatic carbocycles. The third kappa shape index (κ3) is 2.70. The molecule has 6 nitrogen and oxygen atoms in total. The van der Waals surface area contributed by atoms with Crippen molar-refractivity contribution in [3.05, 3.63) is 58.7 Å². The van der Waals surface area contributed by atoms with Crippen LogP contribution < -0.4 is 5.73 Å². The molecule has 2 aromatic rings. The molecule has 2 amide bonds. The first-order valence-electron chi connectivity index (χ1n) is 7.17. The van der Waals surface area contributed by atoms with Crippen molar-refractivity contribution in [2.75, 3.05) is 6.54 Å². The van der Waals surface area contributed by atoms with Gasteiger partial charge in [-0.1, -0.05) is 12.1 Å². The molecule has 0 saturated carbocycles. The Morgan fingerprint density at radius 3 is 2.57 bits per heavy atom. The summed E-state index contributed by atoms with van der Waals surface area (Å²) in [5.41, 5.74) is 6.81. The number of nitrogens with zero attached hydrogens (tertiary/aromatic N) is 2. The summed E-state index contributed by atoms with van der Waals surface area (Å²) in [5, 5.41) is 9.50. The molecule has 7 heteroatoms. The number of carbonyl (C=O) groups is 2. The second kappa shape index (κ2) is 5.85. The summed E-state index contributed by atoms with van der Waals surface area (Å²) in [4.78, 5) is 25.7. The lowest BCUT2D eigenvalue weighted by atomic mass is 10.1. The lowest BCUT2D eigenvalue weighted by Crippen LogP contribution is -2.39. The van der Waals surface area contributed by atoms with Gasteiger partial charge in [0, 0.05) is 31.4 Å². The topological polar surface area (TPSA) is 88.6 Å². The number of rotatable bonds is 4. The Bertz CT molecular complexity index is 768. The van der Waals surface area contributed by atoms with Crippen LogP contribution in [-0.4, -0.2) is 32.9 Å². The highest BCUT2D eigenvalue weighted by Gasteiger charge is 2.30. The van der Waals surface area contributed by atoms with E-state index in [9.17, 15) is 19.1 Å². The van der Waals surface area contributed by atoms with E-state index in [2.05, 4.69) is 0 Å². The highest BCUT2D eigenvalue weighted by atomic mass is 19.1. The zero-order valence-electron chi connectivity index (χ0n) is 12.3. The molecule has 0 fully saturated rings. The van der Waals surface area contributed by atoms with Crippen LogP contribution in [0.2, 0.25) is 0 Å². The predicted octanol–water partition coefficient (Wildman–Crippen LogP) is 0.874. The van der Waals surface area contributed by atoms with Crippen LogP contribution in [0.15, 0.2) is 30.5 Å². The number of fused-ring (bicyclic) bond motifs is 1. The molecule has 1 aliphatic heterocycles. The molecule has 0 saturated heterocycles. The number of halogens is 1. The molecule has 0 spiro atoms. The first-order chi connectivity index (χ1) is 11.0. The lowest BCUT2D eigenvalue weighted by Gasteiger charge is -2.29. The Kier molecular flexibility index (Phi) is 3.87. The maximum absolute atomic E-state index is 13.0. The Hall–Kier alpha value is -2.67. The number of aliphatic hydroxyl groups is 1. The van der Waals surface area contributed by atoms with Crippen LogP contribution in [0.25, 0.3) is 0 Å². The standard InChI is InChI=1S/C16H16FN3O3/c17-11-3-1-10(2-4-11)7-20-6-5-19-8-12(15(18)22)13(9-21)14(19)16(20)23/h1-4,8,21H,5-7,9H2,(H2,18,22). The van der Waals surface area contributed by atoms with Gasteiger partial charge in [-0.3, -0.25) is 9.59 Å². The smallest absolute Gasteiger partial charge is 0.271 e. The fourth-order valence-corrected chi connectivity index (χ4v) is 2.84. The van der Waals surface area contributed by atoms with Crippen molar-refractivity contribution in [3.63, 3.8) is 0 Å². The van der Waals surface area contributed by atoms with Crippen LogP contribution in [0.5, 0.6) is 0 Å². The third-order valence-electron chi connectivity index (χ3n) is 3.99. The van der Waals surface area contributed by atoms with Gasteiger partial charge in [-0.15, -0.1) is 0 Å². The van der Waals surface area contributed by atoms with Crippen LogP contribution in [0.3, 0.4) is 0 Å². The largest absolute Gasteiger partial charge is 0.392 e. The summed E-state index contributed by atoms with van der Waals surface area (Å²) in [6.07, 6.45) is 1.51. The van der Waals surface area contributed by atoms with Gasteiger partial charge in [0.2, 0.25) is 0 Å². The first kappa shape index (κ1) is 15.2. The minimum Gasteiger partial charge on any atom is -0.392 e. The van der Waals surface area contributed by atoms with Crippen molar-refractivity contribution in [2.45, 2.75) is 19.7 Å². The number of aromatic nitrogens is 1. The van der Waals surface area contributed by atoms with E-state index in [1.807, 2.05) is 0 Å². The van der Waals surface area contributed by atoms with Crippen molar-refractivity contribution in [1.82, 2.24) is 9.47 Å². The van der Waals surface area contributed by atoms with Crippen molar-refractivity contribution >= 4 is 11.8 Å². The normalized spacial score (nSPS) is 14.0. The van der Waals surface area contributed by atoms with Gasteiger partial charge in [-0.05, 0) is 17.7 Å². The number of hydrogen-bond acceptors (Lipinski definition) is 3. The van der Waals surface area contributed by atoms with Gasteiger partial charge in [-0.25, -0.2) is 4.39 Å². The molecule has 0 radical (unpaired) electrons. The van der Waals surface area contributed by atoms with Crippen LogP contribution in [0.1, 0.15) is 32.0 Å². The highest BCUT2D eigenvalue weighted by molar-refractivity contribution is 6.01. The first-order valence-corrected chi connectivity index (χ1v) is 7.17. The molecule has 3 rings (SSSR count). The van der Waals surface area contributed by atoms with E-state index in [0.29, 0.717) is 19.6 Å². The molecule has 1 aromatic carbocycles. The molecular formula is C16H16FN3O3. The minimum atomic E-state index is -0.672. The Balaban J connectivity index is 1.91. The Morgan fingerprint density at radius 1 is 1.26 bits per heavy atom. The number of amides is 2. The lowest BCUT2D eigenvalue weighted by molar-refractivity contribution is 0.0686. The number of hydrogen-bond donors (Lipinski definition) is 2. The average Bonchev–Trinajstić information content (AvgIpc) is 2.92. The molecule has 3 N–H and O–H groups in total. The molecule has 23 heavy (non-hydrogen) atoms. The monoisotopic (exact) mass is 317 g/mol. The van der Waals surface area contributed by atoms with Gasteiger partial charge in [0.05, 0.1) is 12.2 Å². The number of carbonyl (C=O) groups excluding carboxylic acids is 2. The van der Waals surface area contributed by atoms with Gasteiger partial charge in [0.15, 0.2) is 0 Å². The molecule has 0 bridgehead atoms. The summed E-state index contributed by atoms with van der Waals surface area (Å²) in [6.45, 7) is 0.862. The van der Waals surface area contributed by atoms with Gasteiger partial charge in [-0.2, -0.15) is 0 Å². The minimum absolute atomic E-state index is 0.166. The summed E-state index contributed by atoms with van der Waals surface area (Å²) in [5.74, 6) is -1.28. The molecule has 2 heterocycles. The van der Waals surface area contributed by atoms with E-state index >= 15 is 0 Å². The summed E-state index contributed by atoms with van der Waals surface area (Å²) in [6, 6.07) is 5.93. The zero-order valence-corrected chi connectivity index (χ0v) is 12.3. The summed E-state index contributed by atoms with van der Waals surface area (Å²) in [7, 11) is 0. The van der Waals surface area contributed by atoms with Gasteiger partial charge >= 0.3 is 0 Å². The quantitative estimate of drug-likeness (QED) is 0.877. The second-order valence-electron chi connectivity index (χ2n) is 5.44. The van der Waals surface area contributed by atoms with Crippen molar-refractivity contribution in [2.24, 2.45) is 5.73 Å². The van der Waals surface area contributed by atoms with Crippen LogP contribution in [0.4, 0.5) is 4.39 Å². The van der Waals surface area contributed by atoms with Gasteiger partial charge < -0.3 is 20.3 Å². The van der Waals surface area contributed by atoms with E-state index in [-0.39, 0.29) is 28.5 Å². The number of primary amides is 1. The van der Waals surface area contributed by atoms with Gasteiger partial charge in [0.25, 0.3) is 11.8 Å². The molecule has 0 unspecified atom stereocenters. The Morgan fingerprint density at radius 2 is 1.96 bits per heavy atom. The summed E-state index contributed by atoms with van der Waals surface area (Å²) < 4.78 is 14.6. The van der Waals surface area contributed by atoms with E-state index < -0.39 is 12.5 Å². The van der Waals surface area contributed by atoms with E-state index in [4.69, 9.17) is 5.73 Å². The molecular weight excluding hydrogens is 301 g/mol. The van der Waals surface area contributed by atoms with Crippen molar-refractivity contribution in [3.8, 4) is 0 Å². The van der Waals surface area contributed by atoms with E-state index in [1.165, 1.54) is 18.3 Å². The van der Waals surface area contributed by atoms with Crippen LogP contribution in [-0.2, 0) is 19.7 Å². The van der Waals surface area contributed by atoms with E-state index in [0.717, 1.165) is 5.56 Å². The third-order valence-corrected chi connectivity index (χ3v) is 3.99. The van der Waals surface area contributed by atoms with Crippen LogP contribution >= 0.6 is 0 Å².